The normalized spacial score (nSPS) is 13.7. The monoisotopic (exact) mass is 196 g/mol. The van der Waals surface area contributed by atoms with Gasteiger partial charge in [-0.2, -0.15) is 0 Å². The number of hydrogen-bond donors (Lipinski definition) is 0. The predicted molar refractivity (Wildman–Crippen MR) is 40.8 cm³/mol. The van der Waals surface area contributed by atoms with Gasteiger partial charge in [-0.3, -0.25) is 0 Å². The van der Waals surface area contributed by atoms with Crippen molar-refractivity contribution in [3.8, 4) is 0 Å². The molecule has 0 N–H and O–H groups in total. The molecule has 0 saturated carbocycles. The number of ether oxygens (including phenoxy) is 2. The van der Waals surface area contributed by atoms with Crippen molar-refractivity contribution in [2.24, 2.45) is 0 Å². The predicted octanol–water partition coefficient (Wildman–Crippen LogP) is 1.78. The lowest BCUT2D eigenvalue weighted by Crippen LogP contribution is -2.07. The number of alkyl halides is 1. The minimum atomic E-state index is 0.137. The molecule has 0 unspecified atom stereocenters. The van der Waals surface area contributed by atoms with Gasteiger partial charge in [0.1, 0.15) is 5.01 Å². The molecule has 2 nitrogen and oxygen atoms in total. The summed E-state index contributed by atoms with van der Waals surface area (Å²) in [5, 5.41) is 0.137. The number of hydrogen-bond acceptors (Lipinski definition) is 2. The molecule has 0 aromatic carbocycles. The summed E-state index contributed by atoms with van der Waals surface area (Å²) in [6.07, 6.45) is 0. The van der Waals surface area contributed by atoms with Crippen LogP contribution in [0.4, 0.5) is 0 Å². The second-order valence-electron chi connectivity index (χ2n) is 1.61. The summed E-state index contributed by atoms with van der Waals surface area (Å²) >= 11 is 3.25. The Bertz CT molecular complexity index is 57.0. The second kappa shape index (κ2) is 6.52. The molecule has 0 spiro atoms. The van der Waals surface area contributed by atoms with E-state index >= 15 is 0 Å². The molecule has 0 amide bonds. The van der Waals surface area contributed by atoms with Crippen LogP contribution in [-0.4, -0.2) is 24.8 Å². The average Bonchev–Trinajstić information content (AvgIpc) is 1.80. The Balaban J connectivity index is 2.75. The lowest BCUT2D eigenvalue weighted by molar-refractivity contribution is 0.0494. The van der Waals surface area contributed by atoms with Gasteiger partial charge in [0.15, 0.2) is 0 Å². The Morgan fingerprint density at radius 1 is 1.44 bits per heavy atom. The smallest absolute Gasteiger partial charge is 0.109 e. The van der Waals surface area contributed by atoms with Crippen LogP contribution in [0.2, 0.25) is 0 Å². The number of rotatable bonds is 5. The van der Waals surface area contributed by atoms with Gasteiger partial charge in [0, 0.05) is 6.61 Å². The quantitative estimate of drug-likeness (QED) is 0.494. The first-order valence-electron chi connectivity index (χ1n) is 3.10. The van der Waals surface area contributed by atoms with E-state index in [2.05, 4.69) is 15.9 Å². The van der Waals surface area contributed by atoms with E-state index in [-0.39, 0.29) is 5.01 Å². The van der Waals surface area contributed by atoms with Crippen LogP contribution in [0.15, 0.2) is 0 Å². The minimum Gasteiger partial charge on any atom is -0.379 e. The van der Waals surface area contributed by atoms with Crippen LogP contribution in [0.5, 0.6) is 0 Å². The van der Waals surface area contributed by atoms with E-state index in [9.17, 15) is 0 Å². The zero-order valence-corrected chi connectivity index (χ0v) is 7.48. The van der Waals surface area contributed by atoms with Gasteiger partial charge >= 0.3 is 0 Å². The lowest BCUT2D eigenvalue weighted by atomic mass is 10.7. The average molecular weight is 197 g/mol. The van der Waals surface area contributed by atoms with Crippen LogP contribution >= 0.6 is 15.9 Å². The molecule has 0 aromatic rings. The Morgan fingerprint density at radius 2 is 2.11 bits per heavy atom. The Morgan fingerprint density at radius 3 is 2.56 bits per heavy atom. The van der Waals surface area contributed by atoms with Gasteiger partial charge in [0.2, 0.25) is 0 Å². The fourth-order valence-electron chi connectivity index (χ4n) is 0.414. The maximum absolute atomic E-state index is 5.14. The molecule has 0 aliphatic rings. The Labute approximate surface area is 64.7 Å². The summed E-state index contributed by atoms with van der Waals surface area (Å²) in [7, 11) is 0. The van der Waals surface area contributed by atoms with Crippen LogP contribution in [0.1, 0.15) is 13.8 Å². The van der Waals surface area contributed by atoms with E-state index in [1.54, 1.807) is 0 Å². The molecule has 0 heterocycles. The molecule has 9 heavy (non-hydrogen) atoms. The first-order valence-corrected chi connectivity index (χ1v) is 4.02. The topological polar surface area (TPSA) is 18.5 Å². The van der Waals surface area contributed by atoms with Gasteiger partial charge in [-0.1, -0.05) is 15.9 Å². The largest absolute Gasteiger partial charge is 0.379 e. The highest BCUT2D eigenvalue weighted by molar-refractivity contribution is 9.09. The highest BCUT2D eigenvalue weighted by atomic mass is 79.9. The van der Waals surface area contributed by atoms with Crippen LogP contribution in [0.25, 0.3) is 0 Å². The summed E-state index contributed by atoms with van der Waals surface area (Å²) in [6, 6.07) is 0. The van der Waals surface area contributed by atoms with Crippen molar-refractivity contribution in [1.29, 1.82) is 0 Å². The maximum atomic E-state index is 5.14. The first kappa shape index (κ1) is 9.40. The summed E-state index contributed by atoms with van der Waals surface area (Å²) < 4.78 is 10.2. The van der Waals surface area contributed by atoms with Crippen molar-refractivity contribution in [1.82, 2.24) is 0 Å². The van der Waals surface area contributed by atoms with Gasteiger partial charge in [0.05, 0.1) is 13.2 Å². The highest BCUT2D eigenvalue weighted by Crippen LogP contribution is 1.97. The van der Waals surface area contributed by atoms with Gasteiger partial charge < -0.3 is 9.47 Å². The van der Waals surface area contributed by atoms with Crippen molar-refractivity contribution in [2.75, 3.05) is 19.8 Å². The SMILES string of the molecule is CCOCCO[C@H](C)Br. The fraction of sp³-hybridized carbons (Fsp3) is 1.00. The molecule has 0 bridgehead atoms. The van der Waals surface area contributed by atoms with Crippen LogP contribution in [0, 0.1) is 0 Å². The molecule has 3 heteroatoms. The third-order valence-corrected chi connectivity index (χ3v) is 1.04. The van der Waals surface area contributed by atoms with Gasteiger partial charge in [0.25, 0.3) is 0 Å². The van der Waals surface area contributed by atoms with E-state index in [0.717, 1.165) is 6.61 Å². The van der Waals surface area contributed by atoms with Gasteiger partial charge in [-0.15, -0.1) is 0 Å². The second-order valence-corrected chi connectivity index (χ2v) is 2.90. The molecule has 0 saturated heterocycles. The highest BCUT2D eigenvalue weighted by Gasteiger charge is 1.92. The van der Waals surface area contributed by atoms with Crippen LogP contribution in [-0.2, 0) is 9.47 Å². The maximum Gasteiger partial charge on any atom is 0.109 e. The van der Waals surface area contributed by atoms with Crippen molar-refractivity contribution < 1.29 is 9.47 Å². The van der Waals surface area contributed by atoms with Gasteiger partial charge in [-0.25, -0.2) is 0 Å². The number of halogens is 1. The van der Waals surface area contributed by atoms with Crippen molar-refractivity contribution in [2.45, 2.75) is 18.9 Å². The zero-order chi connectivity index (χ0) is 7.11. The fourth-order valence-corrected chi connectivity index (χ4v) is 0.601. The molecule has 0 aliphatic carbocycles. The van der Waals surface area contributed by atoms with Gasteiger partial charge in [-0.05, 0) is 13.8 Å². The van der Waals surface area contributed by atoms with E-state index < -0.39 is 0 Å². The third-order valence-electron chi connectivity index (χ3n) is 0.779. The van der Waals surface area contributed by atoms with E-state index in [1.807, 2.05) is 13.8 Å². The molecule has 0 fully saturated rings. The minimum absolute atomic E-state index is 0.137. The zero-order valence-electron chi connectivity index (χ0n) is 5.89. The summed E-state index contributed by atoms with van der Waals surface area (Å²) in [6.45, 7) is 6.02. The molecular weight excluding hydrogens is 184 g/mol. The first-order chi connectivity index (χ1) is 4.27. The molecule has 1 atom stereocenters. The molecule has 0 radical (unpaired) electrons. The summed E-state index contributed by atoms with van der Waals surface area (Å²) in [5.74, 6) is 0. The van der Waals surface area contributed by atoms with Crippen molar-refractivity contribution in [3.63, 3.8) is 0 Å². The van der Waals surface area contributed by atoms with E-state index in [0.29, 0.717) is 13.2 Å². The summed E-state index contributed by atoms with van der Waals surface area (Å²) in [5.41, 5.74) is 0. The van der Waals surface area contributed by atoms with Crippen molar-refractivity contribution >= 4 is 15.9 Å². The van der Waals surface area contributed by atoms with E-state index in [1.165, 1.54) is 0 Å². The van der Waals surface area contributed by atoms with Crippen molar-refractivity contribution in [3.05, 3.63) is 0 Å². The third kappa shape index (κ3) is 8.40. The Kier molecular flexibility index (Phi) is 6.81. The lowest BCUT2D eigenvalue weighted by Gasteiger charge is -2.04. The summed E-state index contributed by atoms with van der Waals surface area (Å²) in [4.78, 5) is 0. The van der Waals surface area contributed by atoms with Crippen LogP contribution < -0.4 is 0 Å². The standard InChI is InChI=1S/C6H13BrO2/c1-3-8-4-5-9-6(2)7/h6H,3-5H2,1-2H3/t6-/m1/s1. The molecule has 56 valence electrons. The molecule has 0 rings (SSSR count). The molecule has 0 aliphatic heterocycles. The Hall–Kier alpha value is 0.400. The molecular formula is C6H13BrO2. The van der Waals surface area contributed by atoms with Crippen LogP contribution in [0.3, 0.4) is 0 Å². The molecule has 0 aromatic heterocycles. The van der Waals surface area contributed by atoms with E-state index in [4.69, 9.17) is 9.47 Å².